The van der Waals surface area contributed by atoms with E-state index < -0.39 is 0 Å². The summed E-state index contributed by atoms with van der Waals surface area (Å²) in [7, 11) is 0. The van der Waals surface area contributed by atoms with E-state index in [9.17, 15) is 9.59 Å². The Morgan fingerprint density at radius 2 is 2.08 bits per heavy atom. The Morgan fingerprint density at radius 3 is 2.76 bits per heavy atom. The summed E-state index contributed by atoms with van der Waals surface area (Å²) in [6.45, 7) is 6.14. The predicted molar refractivity (Wildman–Crippen MR) is 98.6 cm³/mol. The number of thioether (sulfide) groups is 1. The van der Waals surface area contributed by atoms with Gasteiger partial charge in [0.25, 0.3) is 5.56 Å². The molecular formula is C18H21N3O3S. The Balaban J connectivity index is 1.69. The van der Waals surface area contributed by atoms with Crippen LogP contribution in [-0.2, 0) is 4.79 Å². The molecule has 0 aliphatic carbocycles. The lowest BCUT2D eigenvalue weighted by atomic mass is 10.2. The highest BCUT2D eigenvalue weighted by molar-refractivity contribution is 7.99. The molecule has 1 N–H and O–H groups in total. The Bertz CT molecular complexity index is 846. The van der Waals surface area contributed by atoms with Crippen LogP contribution < -0.4 is 15.6 Å². The molecule has 132 valence electrons. The highest BCUT2D eigenvalue weighted by Crippen LogP contribution is 2.32. The zero-order chi connectivity index (χ0) is 18.0. The van der Waals surface area contributed by atoms with Crippen LogP contribution in [0.1, 0.15) is 30.6 Å². The maximum absolute atomic E-state index is 12.5. The van der Waals surface area contributed by atoms with Gasteiger partial charge in [0.05, 0.1) is 12.6 Å². The van der Waals surface area contributed by atoms with Gasteiger partial charge in [-0.25, -0.2) is 4.98 Å². The van der Waals surface area contributed by atoms with Gasteiger partial charge in [0, 0.05) is 29.1 Å². The molecule has 1 aliphatic heterocycles. The van der Waals surface area contributed by atoms with Crippen molar-refractivity contribution >= 4 is 23.4 Å². The number of nitrogens with zero attached hydrogens (tertiary/aromatic N) is 2. The monoisotopic (exact) mass is 359 g/mol. The first-order chi connectivity index (χ1) is 12.0. The fourth-order valence-electron chi connectivity index (χ4n) is 2.75. The van der Waals surface area contributed by atoms with Gasteiger partial charge in [0.1, 0.15) is 5.75 Å². The highest BCUT2D eigenvalue weighted by Gasteiger charge is 2.28. The average Bonchev–Trinajstić information content (AvgIpc) is 2.97. The number of anilines is 1. The molecule has 1 unspecified atom stereocenters. The van der Waals surface area contributed by atoms with Crippen molar-refractivity contribution < 1.29 is 9.53 Å². The number of nitrogens with one attached hydrogen (secondary N) is 1. The number of aromatic nitrogens is 2. The molecule has 3 rings (SSSR count). The summed E-state index contributed by atoms with van der Waals surface area (Å²) in [6, 6.07) is 7.09. The SMILES string of the molecule is CCOc1ccc(NC(=O)CC2CSc3nc(C)c(C)c(=O)n32)cc1. The molecule has 2 aromatic rings. The quantitative estimate of drug-likeness (QED) is 0.831. The van der Waals surface area contributed by atoms with E-state index >= 15 is 0 Å². The van der Waals surface area contributed by atoms with Crippen LogP contribution in [0.25, 0.3) is 0 Å². The number of fused-ring (bicyclic) bond motifs is 1. The van der Waals surface area contributed by atoms with Crippen LogP contribution in [0, 0.1) is 13.8 Å². The fourth-order valence-corrected chi connectivity index (χ4v) is 3.93. The summed E-state index contributed by atoms with van der Waals surface area (Å²) < 4.78 is 7.04. The summed E-state index contributed by atoms with van der Waals surface area (Å²) in [5.41, 5.74) is 2.06. The van der Waals surface area contributed by atoms with Gasteiger partial charge in [-0.1, -0.05) is 11.8 Å². The summed E-state index contributed by atoms with van der Waals surface area (Å²) in [5.74, 6) is 1.33. The molecule has 0 saturated heterocycles. The number of benzene rings is 1. The topological polar surface area (TPSA) is 73.2 Å². The molecule has 1 amide bonds. The van der Waals surface area contributed by atoms with Gasteiger partial charge >= 0.3 is 0 Å². The zero-order valence-electron chi connectivity index (χ0n) is 14.5. The van der Waals surface area contributed by atoms with Crippen molar-refractivity contribution in [1.29, 1.82) is 0 Å². The van der Waals surface area contributed by atoms with Crippen LogP contribution in [0.3, 0.4) is 0 Å². The minimum Gasteiger partial charge on any atom is -0.494 e. The number of hydrogen-bond acceptors (Lipinski definition) is 5. The van der Waals surface area contributed by atoms with Gasteiger partial charge in [0.2, 0.25) is 5.91 Å². The van der Waals surface area contributed by atoms with Crippen molar-refractivity contribution in [3.8, 4) is 5.75 Å². The first-order valence-corrected chi connectivity index (χ1v) is 9.23. The molecule has 0 bridgehead atoms. The Labute approximate surface area is 150 Å². The maximum atomic E-state index is 12.5. The van der Waals surface area contributed by atoms with Crippen molar-refractivity contribution in [3.63, 3.8) is 0 Å². The molecule has 0 radical (unpaired) electrons. The third-order valence-corrected chi connectivity index (χ3v) is 5.29. The van der Waals surface area contributed by atoms with E-state index in [4.69, 9.17) is 4.74 Å². The van der Waals surface area contributed by atoms with E-state index in [-0.39, 0.29) is 23.9 Å². The van der Waals surface area contributed by atoms with Crippen LogP contribution in [0.2, 0.25) is 0 Å². The molecular weight excluding hydrogens is 338 g/mol. The molecule has 0 fully saturated rings. The first kappa shape index (κ1) is 17.5. The molecule has 25 heavy (non-hydrogen) atoms. The van der Waals surface area contributed by atoms with Crippen LogP contribution >= 0.6 is 11.8 Å². The van der Waals surface area contributed by atoms with E-state index in [1.54, 1.807) is 11.5 Å². The van der Waals surface area contributed by atoms with Crippen LogP contribution in [0.15, 0.2) is 34.2 Å². The van der Waals surface area contributed by atoms with Crippen molar-refractivity contribution in [3.05, 3.63) is 45.9 Å². The van der Waals surface area contributed by atoms with Gasteiger partial charge in [-0.15, -0.1) is 0 Å². The maximum Gasteiger partial charge on any atom is 0.257 e. The summed E-state index contributed by atoms with van der Waals surface area (Å²) in [6.07, 6.45) is 0.247. The molecule has 1 aromatic carbocycles. The normalized spacial score (nSPS) is 15.7. The molecule has 1 aromatic heterocycles. The van der Waals surface area contributed by atoms with Crippen LogP contribution in [0.5, 0.6) is 5.75 Å². The van der Waals surface area contributed by atoms with E-state index in [0.29, 0.717) is 28.8 Å². The minimum absolute atomic E-state index is 0.0497. The largest absolute Gasteiger partial charge is 0.494 e. The third-order valence-electron chi connectivity index (χ3n) is 4.19. The van der Waals surface area contributed by atoms with Crippen molar-refractivity contribution in [2.24, 2.45) is 0 Å². The van der Waals surface area contributed by atoms with Crippen molar-refractivity contribution in [2.45, 2.75) is 38.4 Å². The lowest BCUT2D eigenvalue weighted by molar-refractivity contribution is -0.116. The fraction of sp³-hybridized carbons (Fsp3) is 0.389. The van der Waals surface area contributed by atoms with Crippen LogP contribution in [0.4, 0.5) is 5.69 Å². The van der Waals surface area contributed by atoms with Gasteiger partial charge in [-0.2, -0.15) is 0 Å². The van der Waals surface area contributed by atoms with Gasteiger partial charge in [-0.05, 0) is 45.0 Å². The molecule has 0 saturated carbocycles. The predicted octanol–water partition coefficient (Wildman–Crippen LogP) is 2.93. The lowest BCUT2D eigenvalue weighted by Gasteiger charge is -2.14. The van der Waals surface area contributed by atoms with Gasteiger partial charge in [-0.3, -0.25) is 14.2 Å². The minimum atomic E-state index is -0.165. The lowest BCUT2D eigenvalue weighted by Crippen LogP contribution is -2.29. The first-order valence-electron chi connectivity index (χ1n) is 8.24. The second-order valence-electron chi connectivity index (χ2n) is 5.95. The van der Waals surface area contributed by atoms with E-state index in [1.165, 1.54) is 11.8 Å². The molecule has 1 atom stereocenters. The Morgan fingerprint density at radius 1 is 1.36 bits per heavy atom. The summed E-state index contributed by atoms with van der Waals surface area (Å²) in [5, 5.41) is 3.58. The molecule has 0 spiro atoms. The third kappa shape index (κ3) is 3.71. The molecule has 6 nitrogen and oxygen atoms in total. The average molecular weight is 359 g/mol. The van der Waals surface area contributed by atoms with E-state index in [0.717, 1.165) is 11.4 Å². The van der Waals surface area contributed by atoms with E-state index in [1.807, 2.05) is 38.1 Å². The van der Waals surface area contributed by atoms with Crippen LogP contribution in [-0.4, -0.2) is 27.8 Å². The van der Waals surface area contributed by atoms with Gasteiger partial charge in [0.15, 0.2) is 5.16 Å². The van der Waals surface area contributed by atoms with Crippen molar-refractivity contribution in [1.82, 2.24) is 9.55 Å². The number of amides is 1. The summed E-state index contributed by atoms with van der Waals surface area (Å²) >= 11 is 1.52. The number of hydrogen-bond donors (Lipinski definition) is 1. The Kier molecular flexibility index (Phi) is 5.13. The number of rotatable bonds is 5. The van der Waals surface area contributed by atoms with E-state index in [2.05, 4.69) is 10.3 Å². The molecule has 1 aliphatic rings. The van der Waals surface area contributed by atoms with Crippen molar-refractivity contribution in [2.75, 3.05) is 17.7 Å². The standard InChI is InChI=1S/C18H21N3O3S/c1-4-24-15-7-5-13(6-8-15)20-16(22)9-14-10-25-18-19-12(3)11(2)17(23)21(14)18/h5-8,14H,4,9-10H2,1-3H3,(H,20,22). The number of aryl methyl sites for hydroxylation is 1. The second kappa shape index (κ2) is 7.31. The molecule has 7 heteroatoms. The highest BCUT2D eigenvalue weighted by atomic mass is 32.2. The smallest absolute Gasteiger partial charge is 0.257 e. The number of ether oxygens (including phenoxy) is 1. The molecule has 2 heterocycles. The number of carbonyl (C=O) groups is 1. The second-order valence-corrected chi connectivity index (χ2v) is 6.94. The summed E-state index contributed by atoms with van der Waals surface area (Å²) in [4.78, 5) is 29.3. The number of carbonyl (C=O) groups excluding carboxylic acids is 1. The van der Waals surface area contributed by atoms with Gasteiger partial charge < -0.3 is 10.1 Å². The Hall–Kier alpha value is -2.28. The zero-order valence-corrected chi connectivity index (χ0v) is 15.4.